The van der Waals surface area contributed by atoms with Crippen molar-refractivity contribution in [3.63, 3.8) is 0 Å². The van der Waals surface area contributed by atoms with Crippen molar-refractivity contribution in [3.05, 3.63) is 0 Å². The Morgan fingerprint density at radius 3 is 0.320 bits per heavy atom. The predicted octanol–water partition coefficient (Wildman–Crippen LogP) is 12.3. The highest BCUT2D eigenvalue weighted by Gasteiger charge is 1.68. The van der Waals surface area contributed by atoms with E-state index in [1.165, 1.54) is 6.42 Å². The zero-order chi connectivity index (χ0) is 24.3. The molecule has 0 saturated heterocycles. The maximum atomic E-state index is 2.17. The van der Waals surface area contributed by atoms with Gasteiger partial charge in [0.2, 0.25) is 0 Å². The van der Waals surface area contributed by atoms with Crippen LogP contribution in [0.1, 0.15) is 166 Å². The average Bonchev–Trinajstić information content (AvgIpc) is 2.75. The third kappa shape index (κ3) is 0. The van der Waals surface area contributed by atoms with Gasteiger partial charge in [0, 0.05) is 0 Å². The van der Waals surface area contributed by atoms with Crippen LogP contribution < -0.4 is 0 Å². The third-order valence-corrected chi connectivity index (χ3v) is 0. The molecule has 0 N–H and O–H groups in total. The maximum absolute atomic E-state index is 2.17. The second-order valence-electron chi connectivity index (χ2n) is 2.44. The van der Waals surface area contributed by atoms with Crippen LogP contribution in [0.3, 0.4) is 0 Å². The van der Waals surface area contributed by atoms with Gasteiger partial charge in [0.1, 0.15) is 0 Å². The molecule has 25 heavy (non-hydrogen) atoms. The van der Waals surface area contributed by atoms with Crippen LogP contribution in [-0.2, 0) is 0 Å². The summed E-state index contributed by atoms with van der Waals surface area (Å²) in [7, 11) is 0. The largest absolute Gasteiger partial charge is 0.0683 e. The van der Waals surface area contributed by atoms with Gasteiger partial charge in [-0.15, -0.1) is 0 Å². The van der Waals surface area contributed by atoms with Gasteiger partial charge in [-0.1, -0.05) is 166 Å². The van der Waals surface area contributed by atoms with Crippen molar-refractivity contribution in [2.45, 2.75) is 166 Å². The van der Waals surface area contributed by atoms with E-state index >= 15 is 0 Å². The first kappa shape index (κ1) is 73.5. The molecule has 0 aromatic heterocycles. The number of rotatable bonds is 0. The van der Waals surface area contributed by atoms with E-state index in [2.05, 4.69) is 34.6 Å². The van der Waals surface area contributed by atoms with Crippen LogP contribution in [0, 0.1) is 5.92 Å². The van der Waals surface area contributed by atoms with Gasteiger partial charge in [-0.05, 0) is 5.92 Å². The van der Waals surface area contributed by atoms with Crippen LogP contribution in [-0.4, -0.2) is 0 Å². The molecule has 0 aromatic rings. The van der Waals surface area contributed by atoms with E-state index in [1.54, 1.807) is 0 Å². The molecule has 0 aliphatic carbocycles. The number of hydrogen-bond donors (Lipinski definition) is 0. The topological polar surface area (TPSA) is 0 Å². The van der Waals surface area contributed by atoms with Gasteiger partial charge < -0.3 is 0 Å². The predicted molar refractivity (Wildman–Crippen MR) is 139 cm³/mol. The lowest BCUT2D eigenvalue weighted by molar-refractivity contribution is 0.737. The van der Waals surface area contributed by atoms with Crippen LogP contribution in [0.2, 0.25) is 0 Å². The van der Waals surface area contributed by atoms with Crippen molar-refractivity contribution in [1.29, 1.82) is 0 Å². The number of hydrogen-bond acceptors (Lipinski definition) is 0. The Labute approximate surface area is 172 Å². The lowest BCUT2D eigenvalue weighted by atomic mass is 10.3. The molecule has 0 saturated carbocycles. The lowest BCUT2D eigenvalue weighted by Crippen LogP contribution is -1.66. The monoisotopic (exact) mass is 373 g/mol. The minimum atomic E-state index is 0.833. The van der Waals surface area contributed by atoms with E-state index in [1.807, 2.05) is 125 Å². The Morgan fingerprint density at radius 1 is 0.320 bits per heavy atom. The molecule has 0 spiro atoms. The van der Waals surface area contributed by atoms with Crippen molar-refractivity contribution in [2.24, 2.45) is 5.92 Å². The first-order valence-electron chi connectivity index (χ1n) is 12.1. The molecule has 0 fully saturated rings. The van der Waals surface area contributed by atoms with Gasteiger partial charge >= 0.3 is 0 Å². The second kappa shape index (κ2) is 794. The smallest absolute Gasteiger partial charge is 0.0500 e. The molecule has 0 amide bonds. The summed E-state index contributed by atoms with van der Waals surface area (Å²) in [6.45, 7) is 46.7. The van der Waals surface area contributed by atoms with E-state index in [9.17, 15) is 0 Å². The Morgan fingerprint density at radius 2 is 0.320 bits per heavy atom. The molecule has 0 heterocycles. The highest BCUT2D eigenvalue weighted by atomic mass is 13.7. The van der Waals surface area contributed by atoms with Crippen LogP contribution >= 0.6 is 0 Å². The first-order valence-corrected chi connectivity index (χ1v) is 12.1. The van der Waals surface area contributed by atoms with E-state index < -0.39 is 0 Å². The van der Waals surface area contributed by atoms with E-state index in [0.29, 0.717) is 0 Å². The maximum Gasteiger partial charge on any atom is -0.0500 e. The lowest BCUT2D eigenvalue weighted by Gasteiger charge is -1.79. The van der Waals surface area contributed by atoms with Crippen molar-refractivity contribution < 1.29 is 0 Å². The molecule has 0 nitrogen and oxygen atoms in total. The molecular weight excluding hydrogens is 300 g/mol. The Kier molecular flexibility index (Phi) is 2330. The molecule has 0 radical (unpaired) electrons. The fourth-order valence-corrected chi connectivity index (χ4v) is 0. The summed E-state index contributed by atoms with van der Waals surface area (Å²) in [4.78, 5) is 0. The normalized spacial score (nSPS) is 4.32. The van der Waals surface area contributed by atoms with Crippen LogP contribution in [0.5, 0.6) is 0 Å². The summed E-state index contributed by atoms with van der Waals surface area (Å²) in [5.74, 6) is 0.833. The zero-order valence-electron chi connectivity index (χ0n) is 24.3. The second-order valence-corrected chi connectivity index (χ2v) is 2.44. The van der Waals surface area contributed by atoms with Crippen LogP contribution in [0.25, 0.3) is 0 Å². The fraction of sp³-hybridized carbons (Fsp3) is 1.00. The van der Waals surface area contributed by atoms with Crippen molar-refractivity contribution in [3.8, 4) is 0 Å². The molecular formula is C25H72. The molecule has 0 atom stereocenters. The molecule has 0 heteroatoms. The van der Waals surface area contributed by atoms with Crippen molar-refractivity contribution in [2.75, 3.05) is 0 Å². The molecule has 0 aliphatic rings. The van der Waals surface area contributed by atoms with Crippen LogP contribution in [0.15, 0.2) is 0 Å². The van der Waals surface area contributed by atoms with Gasteiger partial charge in [-0.2, -0.15) is 0 Å². The molecule has 0 rings (SSSR count). The van der Waals surface area contributed by atoms with E-state index in [0.717, 1.165) is 5.92 Å². The van der Waals surface area contributed by atoms with Crippen molar-refractivity contribution >= 4 is 0 Å². The summed E-state index contributed by atoms with van der Waals surface area (Å²) in [6, 6.07) is 0. The average molecular weight is 373 g/mol. The molecule has 0 aliphatic heterocycles. The van der Waals surface area contributed by atoms with Crippen molar-refractivity contribution in [1.82, 2.24) is 0 Å². The highest BCUT2D eigenvalue weighted by Crippen LogP contribution is 1.81. The summed E-state index contributed by atoms with van der Waals surface area (Å²) in [5, 5.41) is 0. The standard InChI is InChI=1S/C4H10.C3H8.9C2H6/c1-4(2)3;1-3-2;9*1-2/h4H,1-3H3;3H2,1-2H3;9*1-2H3. The molecule has 0 bridgehead atoms. The first-order chi connectivity index (χ1) is 12.1. The third-order valence-electron chi connectivity index (χ3n) is 0. The van der Waals surface area contributed by atoms with Gasteiger partial charge in [-0.25, -0.2) is 0 Å². The SMILES string of the molecule is CC.CC.CC.CC.CC.CC.CC.CC.CC.CC(C)C.CCC. The molecule has 0 unspecified atom stereocenters. The van der Waals surface area contributed by atoms with Gasteiger partial charge in [0.15, 0.2) is 0 Å². The Hall–Kier alpha value is 0. The van der Waals surface area contributed by atoms with Crippen LogP contribution in [0.4, 0.5) is 0 Å². The quantitative estimate of drug-likeness (QED) is 0.396. The summed E-state index contributed by atoms with van der Waals surface area (Å²) in [5.41, 5.74) is 0. The van der Waals surface area contributed by atoms with Gasteiger partial charge in [0.05, 0.1) is 0 Å². The zero-order valence-corrected chi connectivity index (χ0v) is 24.3. The Balaban J connectivity index is -0.00000000972. The minimum absolute atomic E-state index is 0.833. The summed E-state index contributed by atoms with van der Waals surface area (Å²) < 4.78 is 0. The fourth-order valence-electron chi connectivity index (χ4n) is 0. The summed E-state index contributed by atoms with van der Waals surface area (Å²) in [6.07, 6.45) is 1.25. The van der Waals surface area contributed by atoms with Gasteiger partial charge in [-0.3, -0.25) is 0 Å². The minimum Gasteiger partial charge on any atom is -0.0683 e. The Bertz CT molecular complexity index is 11.2. The van der Waals surface area contributed by atoms with E-state index in [4.69, 9.17) is 0 Å². The highest BCUT2D eigenvalue weighted by molar-refractivity contribution is 4.20. The molecule has 0 aromatic carbocycles. The van der Waals surface area contributed by atoms with Gasteiger partial charge in [0.25, 0.3) is 0 Å². The molecule has 172 valence electrons. The van der Waals surface area contributed by atoms with E-state index in [-0.39, 0.29) is 0 Å². The summed E-state index contributed by atoms with van der Waals surface area (Å²) >= 11 is 0.